The first-order chi connectivity index (χ1) is 10.8. The van der Waals surface area contributed by atoms with E-state index >= 15 is 0 Å². The zero-order valence-corrected chi connectivity index (χ0v) is 12.6. The van der Waals surface area contributed by atoms with Gasteiger partial charge in [-0.15, -0.1) is 5.10 Å². The zero-order valence-electron chi connectivity index (χ0n) is 11.8. The summed E-state index contributed by atoms with van der Waals surface area (Å²) in [7, 11) is 1.60. The van der Waals surface area contributed by atoms with Crippen molar-refractivity contribution in [1.82, 2.24) is 14.9 Å². The van der Waals surface area contributed by atoms with Crippen LogP contribution in [-0.2, 0) is 6.54 Å². The fraction of sp³-hybridized carbons (Fsp3) is 0.133. The van der Waals surface area contributed by atoms with Gasteiger partial charge in [0.25, 0.3) is 5.91 Å². The first-order valence-electron chi connectivity index (χ1n) is 6.55. The molecular formula is C15H13N3O3S. The molecule has 0 radical (unpaired) electrons. The van der Waals surface area contributed by atoms with Crippen LogP contribution >= 0.6 is 11.5 Å². The predicted octanol–water partition coefficient (Wildman–Crippen LogP) is 2.74. The maximum atomic E-state index is 12.3. The van der Waals surface area contributed by atoms with Crippen molar-refractivity contribution in [2.75, 3.05) is 7.11 Å². The number of rotatable bonds is 5. The van der Waals surface area contributed by atoms with Gasteiger partial charge in [0.15, 0.2) is 0 Å². The van der Waals surface area contributed by atoms with Crippen LogP contribution in [0.25, 0.3) is 11.3 Å². The van der Waals surface area contributed by atoms with Crippen LogP contribution in [0.4, 0.5) is 0 Å². The minimum absolute atomic E-state index is 0.225. The van der Waals surface area contributed by atoms with E-state index in [1.165, 1.54) is 0 Å². The molecule has 22 heavy (non-hydrogen) atoms. The van der Waals surface area contributed by atoms with Gasteiger partial charge in [-0.1, -0.05) is 4.49 Å². The maximum Gasteiger partial charge on any atom is 0.265 e. The molecule has 2 heterocycles. The average molecular weight is 315 g/mol. The quantitative estimate of drug-likeness (QED) is 0.783. The van der Waals surface area contributed by atoms with Gasteiger partial charge in [0, 0.05) is 5.56 Å². The molecule has 0 spiro atoms. The van der Waals surface area contributed by atoms with E-state index in [0.29, 0.717) is 22.9 Å². The van der Waals surface area contributed by atoms with Crippen LogP contribution < -0.4 is 10.1 Å². The van der Waals surface area contributed by atoms with E-state index in [0.717, 1.165) is 22.8 Å². The number of furan rings is 1. The van der Waals surface area contributed by atoms with Crippen LogP contribution in [0.1, 0.15) is 15.4 Å². The van der Waals surface area contributed by atoms with Crippen molar-refractivity contribution in [2.45, 2.75) is 6.54 Å². The first kappa shape index (κ1) is 14.3. The van der Waals surface area contributed by atoms with E-state index in [9.17, 15) is 4.79 Å². The second kappa shape index (κ2) is 6.40. The van der Waals surface area contributed by atoms with Crippen LogP contribution in [-0.4, -0.2) is 22.6 Å². The molecule has 0 aliphatic rings. The highest BCUT2D eigenvalue weighted by Gasteiger charge is 2.17. The molecule has 0 bridgehead atoms. The van der Waals surface area contributed by atoms with E-state index in [2.05, 4.69) is 14.9 Å². The van der Waals surface area contributed by atoms with Crippen molar-refractivity contribution < 1.29 is 13.9 Å². The summed E-state index contributed by atoms with van der Waals surface area (Å²) in [6.45, 7) is 0.325. The molecule has 112 valence electrons. The van der Waals surface area contributed by atoms with Gasteiger partial charge in [-0.3, -0.25) is 4.79 Å². The van der Waals surface area contributed by atoms with Gasteiger partial charge in [-0.25, -0.2) is 0 Å². The summed E-state index contributed by atoms with van der Waals surface area (Å²) in [6, 6.07) is 10.9. The second-order valence-corrected chi connectivity index (χ2v) is 5.20. The first-order valence-corrected chi connectivity index (χ1v) is 7.32. The smallest absolute Gasteiger partial charge is 0.265 e. The fourth-order valence-electron chi connectivity index (χ4n) is 1.94. The molecule has 3 aromatic rings. The number of hydrogen-bond donors (Lipinski definition) is 1. The zero-order chi connectivity index (χ0) is 15.4. The van der Waals surface area contributed by atoms with Crippen molar-refractivity contribution in [3.63, 3.8) is 0 Å². The van der Waals surface area contributed by atoms with Crippen LogP contribution in [0.15, 0.2) is 47.1 Å². The summed E-state index contributed by atoms with van der Waals surface area (Å²) in [5.74, 6) is 1.21. The van der Waals surface area contributed by atoms with Crippen molar-refractivity contribution >= 4 is 17.4 Å². The number of methoxy groups -OCH3 is 1. The molecule has 0 aliphatic heterocycles. The summed E-state index contributed by atoms with van der Waals surface area (Å²) < 4.78 is 14.2. The summed E-state index contributed by atoms with van der Waals surface area (Å²) in [5, 5.41) is 6.84. The standard InChI is InChI=1S/C15H13N3O3S/c1-20-11-6-4-10(5-7-11)13-14(22-18-17-13)15(19)16-9-12-3-2-8-21-12/h2-8H,9H2,1H3,(H,16,19). The average Bonchev–Trinajstić information content (AvgIpc) is 3.24. The molecule has 6 nitrogen and oxygen atoms in total. The lowest BCUT2D eigenvalue weighted by Crippen LogP contribution is -2.22. The fourth-order valence-corrected chi connectivity index (χ4v) is 2.54. The summed E-state index contributed by atoms with van der Waals surface area (Å²) in [6.07, 6.45) is 1.57. The molecule has 2 aromatic heterocycles. The molecule has 0 aliphatic carbocycles. The summed E-state index contributed by atoms with van der Waals surface area (Å²) in [4.78, 5) is 12.7. The monoisotopic (exact) mass is 315 g/mol. The van der Waals surface area contributed by atoms with Gasteiger partial charge in [-0.2, -0.15) is 0 Å². The molecule has 7 heteroatoms. The number of ether oxygens (including phenoxy) is 1. The van der Waals surface area contributed by atoms with E-state index in [4.69, 9.17) is 9.15 Å². The number of benzene rings is 1. The normalized spacial score (nSPS) is 10.4. The van der Waals surface area contributed by atoms with Crippen LogP contribution in [0.5, 0.6) is 5.75 Å². The highest BCUT2D eigenvalue weighted by atomic mass is 32.1. The lowest BCUT2D eigenvalue weighted by Gasteiger charge is -2.04. The van der Waals surface area contributed by atoms with Crippen LogP contribution in [0.3, 0.4) is 0 Å². The largest absolute Gasteiger partial charge is 0.497 e. The summed E-state index contributed by atoms with van der Waals surface area (Å²) >= 11 is 1.06. The molecule has 3 rings (SSSR count). The number of nitrogens with zero attached hydrogens (tertiary/aromatic N) is 2. The van der Waals surface area contributed by atoms with Crippen molar-refractivity contribution in [2.24, 2.45) is 0 Å². The highest BCUT2D eigenvalue weighted by Crippen LogP contribution is 2.25. The SMILES string of the molecule is COc1ccc(-c2nnsc2C(=O)NCc2ccco2)cc1. The Morgan fingerprint density at radius 1 is 1.32 bits per heavy atom. The Labute approximate surface area is 130 Å². The molecule has 0 saturated heterocycles. The van der Waals surface area contributed by atoms with Gasteiger partial charge in [-0.05, 0) is 47.9 Å². The van der Waals surface area contributed by atoms with Crippen LogP contribution in [0, 0.1) is 0 Å². The lowest BCUT2D eigenvalue weighted by atomic mass is 10.1. The van der Waals surface area contributed by atoms with Crippen LogP contribution in [0.2, 0.25) is 0 Å². The highest BCUT2D eigenvalue weighted by molar-refractivity contribution is 7.08. The molecule has 0 unspecified atom stereocenters. The molecule has 0 atom stereocenters. The van der Waals surface area contributed by atoms with E-state index in [-0.39, 0.29) is 5.91 Å². The Balaban J connectivity index is 1.77. The third kappa shape index (κ3) is 2.99. The number of carbonyl (C=O) groups is 1. The Morgan fingerprint density at radius 3 is 2.82 bits per heavy atom. The number of aromatic nitrogens is 2. The predicted molar refractivity (Wildman–Crippen MR) is 81.8 cm³/mol. The molecule has 1 amide bonds. The Morgan fingerprint density at radius 2 is 2.14 bits per heavy atom. The number of amides is 1. The number of hydrogen-bond acceptors (Lipinski definition) is 6. The van der Waals surface area contributed by atoms with Gasteiger partial charge >= 0.3 is 0 Å². The second-order valence-electron chi connectivity index (χ2n) is 4.44. The minimum Gasteiger partial charge on any atom is -0.497 e. The Bertz CT molecular complexity index is 751. The third-order valence-electron chi connectivity index (χ3n) is 3.06. The Hall–Kier alpha value is -2.67. The summed E-state index contributed by atoms with van der Waals surface area (Å²) in [5.41, 5.74) is 1.38. The lowest BCUT2D eigenvalue weighted by molar-refractivity contribution is 0.0952. The van der Waals surface area contributed by atoms with Crippen molar-refractivity contribution in [3.05, 3.63) is 53.3 Å². The maximum absolute atomic E-state index is 12.3. The molecule has 1 N–H and O–H groups in total. The van der Waals surface area contributed by atoms with E-state index in [1.807, 2.05) is 24.3 Å². The van der Waals surface area contributed by atoms with Crippen molar-refractivity contribution in [1.29, 1.82) is 0 Å². The topological polar surface area (TPSA) is 77.2 Å². The van der Waals surface area contributed by atoms with E-state index in [1.54, 1.807) is 25.5 Å². The van der Waals surface area contributed by atoms with Gasteiger partial charge in [0.1, 0.15) is 22.1 Å². The molecule has 0 fully saturated rings. The molecular weight excluding hydrogens is 302 g/mol. The number of nitrogens with one attached hydrogen (secondary N) is 1. The van der Waals surface area contributed by atoms with Gasteiger partial charge < -0.3 is 14.5 Å². The van der Waals surface area contributed by atoms with Crippen molar-refractivity contribution in [3.8, 4) is 17.0 Å². The minimum atomic E-state index is -0.225. The van der Waals surface area contributed by atoms with Gasteiger partial charge in [0.05, 0.1) is 19.9 Å². The third-order valence-corrected chi connectivity index (χ3v) is 3.79. The number of carbonyl (C=O) groups excluding carboxylic acids is 1. The molecule has 0 saturated carbocycles. The van der Waals surface area contributed by atoms with Gasteiger partial charge in [0.2, 0.25) is 0 Å². The Kier molecular flexibility index (Phi) is 4.15. The van der Waals surface area contributed by atoms with E-state index < -0.39 is 0 Å². The molecule has 1 aromatic carbocycles.